The third-order valence-electron chi connectivity index (χ3n) is 4.22. The lowest BCUT2D eigenvalue weighted by molar-refractivity contribution is -0.120. The Balaban J connectivity index is 1.44. The highest BCUT2D eigenvalue weighted by Crippen LogP contribution is 2.23. The molecule has 0 aliphatic carbocycles. The van der Waals surface area contributed by atoms with Crippen molar-refractivity contribution in [2.24, 2.45) is 0 Å². The minimum atomic E-state index is -0.0962. The molecule has 2 aromatic carbocycles. The van der Waals surface area contributed by atoms with Crippen molar-refractivity contribution >= 4 is 68.2 Å². The van der Waals surface area contributed by atoms with E-state index >= 15 is 0 Å². The highest BCUT2D eigenvalue weighted by Gasteiger charge is 2.08. The Morgan fingerprint density at radius 1 is 1.13 bits per heavy atom. The van der Waals surface area contributed by atoms with Gasteiger partial charge in [0, 0.05) is 40.7 Å². The molecule has 0 aliphatic heterocycles. The van der Waals surface area contributed by atoms with E-state index in [1.165, 1.54) is 0 Å². The molecule has 0 unspecified atom stereocenters. The molecule has 0 fully saturated rings. The number of aromatic nitrogens is 2. The Morgan fingerprint density at radius 2 is 1.97 bits per heavy atom. The van der Waals surface area contributed by atoms with Crippen molar-refractivity contribution in [2.75, 3.05) is 29.5 Å². The minimum absolute atomic E-state index is 0.0962. The van der Waals surface area contributed by atoms with Crippen molar-refractivity contribution in [2.45, 2.75) is 12.8 Å². The lowest BCUT2D eigenvalue weighted by Crippen LogP contribution is -2.27. The van der Waals surface area contributed by atoms with Crippen LogP contribution < -0.4 is 21.7 Å². The maximum atomic E-state index is 12.1. The van der Waals surface area contributed by atoms with Crippen molar-refractivity contribution in [3.05, 3.63) is 68.7 Å². The normalized spacial score (nSPS) is 10.5. The summed E-state index contributed by atoms with van der Waals surface area (Å²) in [5, 5.41) is 10.3. The molecule has 1 heterocycles. The van der Waals surface area contributed by atoms with Gasteiger partial charge in [0.1, 0.15) is 5.82 Å². The summed E-state index contributed by atoms with van der Waals surface area (Å²) >= 11 is 15.4. The van der Waals surface area contributed by atoms with E-state index in [0.29, 0.717) is 47.0 Å². The van der Waals surface area contributed by atoms with Crippen LogP contribution in [0.3, 0.4) is 0 Å². The largest absolute Gasteiger partial charge is 0.399 e. The van der Waals surface area contributed by atoms with Gasteiger partial charge in [-0.15, -0.1) is 0 Å². The van der Waals surface area contributed by atoms with Crippen LogP contribution in [0.4, 0.5) is 23.1 Å². The number of rotatable bonds is 9. The van der Waals surface area contributed by atoms with Gasteiger partial charge in [-0.25, -0.2) is 4.98 Å². The number of halogens is 3. The number of benzene rings is 2. The topological polar surface area (TPSA) is 105 Å². The number of hydrogen-bond donors (Lipinski definition) is 4. The molecule has 1 aromatic heterocycles. The standard InChI is InChI=1S/C21H21BrCl2N6O/c22-17-12-28-21(29-16-4-1-3-15(25)11-16)30-20(17)27-8-2-7-26-19(31)9-13-5-6-14(23)10-18(13)24/h1,3-6,10-12H,2,7-9,25H2,(H,26,31)(H2,27,28,29,30). The zero-order valence-corrected chi connectivity index (χ0v) is 19.6. The van der Waals surface area contributed by atoms with E-state index in [4.69, 9.17) is 28.9 Å². The SMILES string of the molecule is Nc1cccc(Nc2ncc(Br)c(NCCCNC(=O)Cc3ccc(Cl)cc3Cl)n2)c1. The predicted octanol–water partition coefficient (Wildman–Crippen LogP) is 5.03. The summed E-state index contributed by atoms with van der Waals surface area (Å²) in [6, 6.07) is 12.5. The highest BCUT2D eigenvalue weighted by molar-refractivity contribution is 9.10. The summed E-state index contributed by atoms with van der Waals surface area (Å²) in [4.78, 5) is 20.8. The van der Waals surface area contributed by atoms with Gasteiger partial charge in [-0.2, -0.15) is 4.98 Å². The van der Waals surface area contributed by atoms with Crippen LogP contribution in [0, 0.1) is 0 Å². The number of carbonyl (C=O) groups is 1. The molecule has 5 N–H and O–H groups in total. The summed E-state index contributed by atoms with van der Waals surface area (Å²) < 4.78 is 0.743. The molecule has 10 heteroatoms. The zero-order chi connectivity index (χ0) is 22.2. The summed E-state index contributed by atoms with van der Waals surface area (Å²) in [6.07, 6.45) is 2.59. The van der Waals surface area contributed by atoms with Gasteiger partial charge >= 0.3 is 0 Å². The quantitative estimate of drug-likeness (QED) is 0.231. The minimum Gasteiger partial charge on any atom is -0.399 e. The van der Waals surface area contributed by atoms with Gasteiger partial charge in [0.2, 0.25) is 11.9 Å². The van der Waals surface area contributed by atoms with Crippen LogP contribution in [0.1, 0.15) is 12.0 Å². The van der Waals surface area contributed by atoms with E-state index < -0.39 is 0 Å². The number of nitrogens with two attached hydrogens (primary N) is 1. The van der Waals surface area contributed by atoms with Gasteiger partial charge in [-0.3, -0.25) is 4.79 Å². The molecule has 0 radical (unpaired) electrons. The predicted molar refractivity (Wildman–Crippen MR) is 130 cm³/mol. The van der Waals surface area contributed by atoms with E-state index in [9.17, 15) is 4.79 Å². The van der Waals surface area contributed by atoms with E-state index in [-0.39, 0.29) is 12.3 Å². The number of nitrogens with one attached hydrogen (secondary N) is 3. The Hall–Kier alpha value is -2.55. The Bertz CT molecular complexity index is 1070. The zero-order valence-electron chi connectivity index (χ0n) is 16.5. The third kappa shape index (κ3) is 7.27. The maximum Gasteiger partial charge on any atom is 0.229 e. The summed E-state index contributed by atoms with van der Waals surface area (Å²) in [5.41, 5.74) is 7.99. The third-order valence-corrected chi connectivity index (χ3v) is 5.39. The second-order valence-corrected chi connectivity index (χ2v) is 8.38. The molecule has 0 atom stereocenters. The van der Waals surface area contributed by atoms with Crippen molar-refractivity contribution in [3.63, 3.8) is 0 Å². The molecule has 31 heavy (non-hydrogen) atoms. The average molecular weight is 524 g/mol. The summed E-state index contributed by atoms with van der Waals surface area (Å²) in [5.74, 6) is 1.01. The van der Waals surface area contributed by atoms with Crippen LogP contribution >= 0.6 is 39.1 Å². The van der Waals surface area contributed by atoms with Crippen molar-refractivity contribution < 1.29 is 4.79 Å². The van der Waals surface area contributed by atoms with E-state index in [2.05, 4.69) is 41.8 Å². The monoisotopic (exact) mass is 522 g/mol. The van der Waals surface area contributed by atoms with Gasteiger partial charge < -0.3 is 21.7 Å². The second kappa shape index (κ2) is 11.2. The van der Waals surface area contributed by atoms with Crippen LogP contribution in [-0.2, 0) is 11.2 Å². The molecule has 0 saturated heterocycles. The van der Waals surface area contributed by atoms with Crippen LogP contribution in [0.2, 0.25) is 10.0 Å². The van der Waals surface area contributed by atoms with E-state index in [1.807, 2.05) is 18.2 Å². The molecule has 0 bridgehead atoms. The van der Waals surface area contributed by atoms with Gasteiger partial charge in [-0.05, 0) is 58.2 Å². The first-order chi connectivity index (χ1) is 14.9. The molecule has 3 rings (SSSR count). The number of carbonyl (C=O) groups excluding carboxylic acids is 1. The van der Waals surface area contributed by atoms with Crippen molar-refractivity contribution in [1.29, 1.82) is 0 Å². The van der Waals surface area contributed by atoms with Gasteiger partial charge in [0.25, 0.3) is 0 Å². The lowest BCUT2D eigenvalue weighted by atomic mass is 10.1. The maximum absolute atomic E-state index is 12.1. The van der Waals surface area contributed by atoms with E-state index in [0.717, 1.165) is 15.7 Å². The van der Waals surface area contributed by atoms with Gasteiger partial charge in [-0.1, -0.05) is 35.3 Å². The molecule has 0 saturated carbocycles. The number of anilines is 4. The Labute approximate surface area is 198 Å². The second-order valence-electron chi connectivity index (χ2n) is 6.68. The molecule has 0 aliphatic rings. The van der Waals surface area contributed by atoms with Gasteiger partial charge in [0.15, 0.2) is 0 Å². The number of hydrogen-bond acceptors (Lipinski definition) is 6. The lowest BCUT2D eigenvalue weighted by Gasteiger charge is -2.11. The molecular formula is C21H21BrCl2N6O. The summed E-state index contributed by atoms with van der Waals surface area (Å²) in [6.45, 7) is 1.14. The summed E-state index contributed by atoms with van der Waals surface area (Å²) in [7, 11) is 0. The van der Waals surface area contributed by atoms with Crippen LogP contribution in [0.15, 0.2) is 53.1 Å². The number of nitrogen functional groups attached to an aromatic ring is 1. The molecule has 0 spiro atoms. The molecule has 3 aromatic rings. The molecular weight excluding hydrogens is 503 g/mol. The first-order valence-electron chi connectivity index (χ1n) is 9.50. The fourth-order valence-corrected chi connectivity index (χ4v) is 3.53. The smallest absolute Gasteiger partial charge is 0.229 e. The molecule has 1 amide bonds. The van der Waals surface area contributed by atoms with Crippen molar-refractivity contribution in [1.82, 2.24) is 15.3 Å². The van der Waals surface area contributed by atoms with Crippen LogP contribution in [-0.4, -0.2) is 29.0 Å². The fourth-order valence-electron chi connectivity index (χ4n) is 2.72. The highest BCUT2D eigenvalue weighted by atomic mass is 79.9. The molecule has 7 nitrogen and oxygen atoms in total. The first kappa shape index (κ1) is 23.1. The van der Waals surface area contributed by atoms with Gasteiger partial charge in [0.05, 0.1) is 10.9 Å². The molecule has 162 valence electrons. The Morgan fingerprint density at radius 3 is 2.74 bits per heavy atom. The van der Waals surface area contributed by atoms with Crippen LogP contribution in [0.25, 0.3) is 0 Å². The fraction of sp³-hybridized carbons (Fsp3) is 0.190. The number of amides is 1. The van der Waals surface area contributed by atoms with Crippen molar-refractivity contribution in [3.8, 4) is 0 Å². The van der Waals surface area contributed by atoms with Crippen LogP contribution in [0.5, 0.6) is 0 Å². The number of nitrogens with zero attached hydrogens (tertiary/aromatic N) is 2. The van der Waals surface area contributed by atoms with E-state index in [1.54, 1.807) is 30.5 Å². The first-order valence-corrected chi connectivity index (χ1v) is 11.0. The average Bonchev–Trinajstić information content (AvgIpc) is 2.72. The Kier molecular flexibility index (Phi) is 8.34.